The Bertz CT molecular complexity index is 640. The lowest BCUT2D eigenvalue weighted by atomic mass is 10.0. The summed E-state index contributed by atoms with van der Waals surface area (Å²) in [6.07, 6.45) is 2.44. The average molecular weight is 357 g/mol. The van der Waals surface area contributed by atoms with Crippen LogP contribution in [-0.2, 0) is 4.79 Å². The first-order valence-electron chi connectivity index (χ1n) is 8.94. The maximum atomic E-state index is 12.5. The van der Waals surface area contributed by atoms with E-state index in [0.717, 1.165) is 13.1 Å². The molecule has 2 aliphatic rings. The van der Waals surface area contributed by atoms with Gasteiger partial charge in [0.2, 0.25) is 5.91 Å². The van der Waals surface area contributed by atoms with Gasteiger partial charge in [0, 0.05) is 17.9 Å². The van der Waals surface area contributed by atoms with E-state index < -0.39 is 0 Å². The first kappa shape index (κ1) is 18.0. The van der Waals surface area contributed by atoms with Gasteiger partial charge in [0.1, 0.15) is 0 Å². The summed E-state index contributed by atoms with van der Waals surface area (Å²) >= 11 is 0. The van der Waals surface area contributed by atoms with Crippen LogP contribution < -0.4 is 5.32 Å². The number of rotatable bonds is 5. The molecule has 4 heteroatoms. The zero-order valence-electron chi connectivity index (χ0n) is 14.3. The Morgan fingerprint density at radius 3 is 1.84 bits per heavy atom. The SMILES string of the molecule is Cl.O=C(CN1CCCC1)N[C@@H]1[C@@H](c2ccccc2)[C@H]1c1ccccc1. The summed E-state index contributed by atoms with van der Waals surface area (Å²) < 4.78 is 0. The second-order valence-corrected chi connectivity index (χ2v) is 6.95. The average Bonchev–Trinajstić information content (AvgIpc) is 3.08. The van der Waals surface area contributed by atoms with Crippen molar-refractivity contribution in [1.82, 2.24) is 10.2 Å². The second kappa shape index (κ2) is 8.03. The van der Waals surface area contributed by atoms with Crippen molar-refractivity contribution in [3.05, 3.63) is 71.8 Å². The number of likely N-dealkylation sites (tertiary alicyclic amines) is 1. The van der Waals surface area contributed by atoms with Crippen molar-refractivity contribution < 1.29 is 4.79 Å². The van der Waals surface area contributed by atoms with Gasteiger partial charge in [-0.15, -0.1) is 12.4 Å². The van der Waals surface area contributed by atoms with Crippen molar-refractivity contribution in [3.8, 4) is 0 Å². The molecule has 0 bridgehead atoms. The maximum absolute atomic E-state index is 12.5. The molecule has 4 rings (SSSR count). The molecule has 1 aliphatic carbocycles. The highest BCUT2D eigenvalue weighted by Gasteiger charge is 2.52. The molecular formula is C21H25ClN2O. The minimum absolute atomic E-state index is 0. The van der Waals surface area contributed by atoms with E-state index in [1.165, 1.54) is 24.0 Å². The molecule has 0 radical (unpaired) electrons. The molecule has 0 unspecified atom stereocenters. The minimum atomic E-state index is 0. The van der Waals surface area contributed by atoms with Gasteiger partial charge in [-0.05, 0) is 37.1 Å². The van der Waals surface area contributed by atoms with Crippen molar-refractivity contribution in [2.45, 2.75) is 30.7 Å². The van der Waals surface area contributed by atoms with E-state index in [0.29, 0.717) is 18.4 Å². The Hall–Kier alpha value is -1.84. The van der Waals surface area contributed by atoms with Crippen molar-refractivity contribution in [1.29, 1.82) is 0 Å². The van der Waals surface area contributed by atoms with Gasteiger partial charge in [-0.2, -0.15) is 0 Å². The normalized spacial score (nSPS) is 25.2. The molecule has 1 heterocycles. The Labute approximate surface area is 155 Å². The molecule has 1 saturated carbocycles. The van der Waals surface area contributed by atoms with E-state index in [9.17, 15) is 4.79 Å². The molecule has 2 aromatic carbocycles. The third-order valence-electron chi connectivity index (χ3n) is 5.28. The number of hydrogen-bond donors (Lipinski definition) is 1. The van der Waals surface area contributed by atoms with Gasteiger partial charge in [-0.1, -0.05) is 60.7 Å². The monoisotopic (exact) mass is 356 g/mol. The quantitative estimate of drug-likeness (QED) is 0.888. The number of hydrogen-bond acceptors (Lipinski definition) is 2. The van der Waals surface area contributed by atoms with E-state index >= 15 is 0 Å². The van der Waals surface area contributed by atoms with Gasteiger partial charge in [-0.25, -0.2) is 0 Å². The lowest BCUT2D eigenvalue weighted by molar-refractivity contribution is -0.122. The van der Waals surface area contributed by atoms with Gasteiger partial charge < -0.3 is 5.32 Å². The summed E-state index contributed by atoms with van der Waals surface area (Å²) in [7, 11) is 0. The van der Waals surface area contributed by atoms with Crippen LogP contribution >= 0.6 is 12.4 Å². The Balaban J connectivity index is 0.00000182. The summed E-state index contributed by atoms with van der Waals surface area (Å²) in [6, 6.07) is 21.3. The zero-order chi connectivity index (χ0) is 16.4. The standard InChI is InChI=1S/C21H24N2O.ClH/c24-18(15-23-13-7-8-14-23)22-21-19(16-9-3-1-4-10-16)20(21)17-11-5-2-6-12-17;/h1-6,9-12,19-21H,7-8,13-15H2,(H,22,24);1H/t19-,20+,21+;. The van der Waals surface area contributed by atoms with Crippen molar-refractivity contribution in [2.75, 3.05) is 19.6 Å². The van der Waals surface area contributed by atoms with Crippen LogP contribution in [0.15, 0.2) is 60.7 Å². The third kappa shape index (κ3) is 4.05. The summed E-state index contributed by atoms with van der Waals surface area (Å²) in [5.74, 6) is 0.938. The molecule has 1 aliphatic heterocycles. The van der Waals surface area contributed by atoms with Gasteiger partial charge in [0.25, 0.3) is 0 Å². The topological polar surface area (TPSA) is 32.3 Å². The lowest BCUT2D eigenvalue weighted by Crippen LogP contribution is -2.37. The third-order valence-corrected chi connectivity index (χ3v) is 5.28. The number of nitrogens with one attached hydrogen (secondary N) is 1. The molecule has 1 amide bonds. The summed E-state index contributed by atoms with van der Waals surface area (Å²) in [6.45, 7) is 2.66. The lowest BCUT2D eigenvalue weighted by Gasteiger charge is -2.14. The van der Waals surface area contributed by atoms with Crippen molar-refractivity contribution in [2.24, 2.45) is 0 Å². The van der Waals surface area contributed by atoms with Crippen LogP contribution in [0, 0.1) is 0 Å². The van der Waals surface area contributed by atoms with E-state index in [1.807, 2.05) is 12.1 Å². The maximum Gasteiger partial charge on any atom is 0.234 e. The van der Waals surface area contributed by atoms with Crippen LogP contribution in [0.2, 0.25) is 0 Å². The van der Waals surface area contributed by atoms with Crippen LogP contribution in [0.3, 0.4) is 0 Å². The summed E-state index contributed by atoms with van der Waals surface area (Å²) in [5, 5.41) is 3.30. The van der Waals surface area contributed by atoms with Crippen LogP contribution in [0.5, 0.6) is 0 Å². The van der Waals surface area contributed by atoms with Gasteiger partial charge >= 0.3 is 0 Å². The number of halogens is 1. The number of benzene rings is 2. The molecule has 2 fully saturated rings. The molecular weight excluding hydrogens is 332 g/mol. The number of carbonyl (C=O) groups is 1. The molecule has 3 nitrogen and oxygen atoms in total. The fraction of sp³-hybridized carbons (Fsp3) is 0.381. The largest absolute Gasteiger partial charge is 0.351 e. The first-order valence-corrected chi connectivity index (χ1v) is 8.94. The fourth-order valence-corrected chi connectivity index (χ4v) is 4.05. The van der Waals surface area contributed by atoms with Crippen molar-refractivity contribution in [3.63, 3.8) is 0 Å². The molecule has 2 aromatic rings. The highest BCUT2D eigenvalue weighted by Crippen LogP contribution is 2.54. The van der Waals surface area contributed by atoms with Gasteiger partial charge in [0.15, 0.2) is 0 Å². The van der Waals surface area contributed by atoms with E-state index in [4.69, 9.17) is 0 Å². The fourth-order valence-electron chi connectivity index (χ4n) is 4.05. The van der Waals surface area contributed by atoms with E-state index in [1.54, 1.807) is 0 Å². The molecule has 3 atom stereocenters. The number of carbonyl (C=O) groups excluding carboxylic acids is 1. The molecule has 25 heavy (non-hydrogen) atoms. The second-order valence-electron chi connectivity index (χ2n) is 6.95. The predicted molar refractivity (Wildman–Crippen MR) is 103 cm³/mol. The first-order chi connectivity index (χ1) is 11.8. The summed E-state index contributed by atoms with van der Waals surface area (Å²) in [4.78, 5) is 14.7. The van der Waals surface area contributed by atoms with Gasteiger partial charge in [0.05, 0.1) is 6.54 Å². The molecule has 1 saturated heterocycles. The Morgan fingerprint density at radius 2 is 1.36 bits per heavy atom. The van der Waals surface area contributed by atoms with E-state index in [2.05, 4.69) is 58.7 Å². The highest BCUT2D eigenvalue weighted by molar-refractivity contribution is 5.85. The molecule has 1 N–H and O–H groups in total. The number of amides is 1. The van der Waals surface area contributed by atoms with Crippen molar-refractivity contribution >= 4 is 18.3 Å². The van der Waals surface area contributed by atoms with Crippen LogP contribution in [0.4, 0.5) is 0 Å². The Morgan fingerprint density at radius 1 is 0.880 bits per heavy atom. The number of nitrogens with zero attached hydrogens (tertiary/aromatic N) is 1. The minimum Gasteiger partial charge on any atom is -0.351 e. The highest BCUT2D eigenvalue weighted by atomic mass is 35.5. The predicted octanol–water partition coefficient (Wildman–Crippen LogP) is 3.57. The van der Waals surface area contributed by atoms with Crippen LogP contribution in [0.25, 0.3) is 0 Å². The van der Waals surface area contributed by atoms with E-state index in [-0.39, 0.29) is 24.4 Å². The molecule has 0 aromatic heterocycles. The van der Waals surface area contributed by atoms with Crippen LogP contribution in [-0.4, -0.2) is 36.5 Å². The van der Waals surface area contributed by atoms with Crippen LogP contribution in [0.1, 0.15) is 35.8 Å². The zero-order valence-corrected chi connectivity index (χ0v) is 15.1. The molecule has 0 spiro atoms. The molecule has 132 valence electrons. The van der Waals surface area contributed by atoms with Gasteiger partial charge in [-0.3, -0.25) is 9.69 Å². The Kier molecular flexibility index (Phi) is 5.77. The smallest absolute Gasteiger partial charge is 0.234 e. The summed E-state index contributed by atoms with van der Waals surface area (Å²) in [5.41, 5.74) is 2.63.